The van der Waals surface area contributed by atoms with Gasteiger partial charge >= 0.3 is 0 Å². The van der Waals surface area contributed by atoms with Gasteiger partial charge in [0.05, 0.1) is 10.4 Å². The van der Waals surface area contributed by atoms with Gasteiger partial charge in [0.25, 0.3) is 0 Å². The maximum Gasteiger partial charge on any atom is 0.203 e. The van der Waals surface area contributed by atoms with Crippen molar-refractivity contribution in [2.75, 3.05) is 0 Å². The van der Waals surface area contributed by atoms with Crippen LogP contribution in [0.5, 0.6) is 0 Å². The van der Waals surface area contributed by atoms with E-state index in [4.69, 9.17) is 0 Å². The first kappa shape index (κ1) is 13.7. The predicted molar refractivity (Wildman–Crippen MR) is 81.0 cm³/mol. The molecular weight excluding hydrogens is 371 g/mol. The van der Waals surface area contributed by atoms with Crippen molar-refractivity contribution in [2.45, 2.75) is 8.41 Å². The summed E-state index contributed by atoms with van der Waals surface area (Å²) in [6, 6.07) is 3.97. The number of hydrogen-bond donors (Lipinski definition) is 0. The number of halogens is 3. The lowest BCUT2D eigenvalue weighted by atomic mass is 10.2. The molecule has 1 aromatic carbocycles. The Morgan fingerprint density at radius 2 is 2.22 bits per heavy atom. The van der Waals surface area contributed by atoms with Crippen molar-refractivity contribution < 1.29 is 8.78 Å². The Kier molecular flexibility index (Phi) is 4.16. The molecule has 1 heterocycles. The van der Waals surface area contributed by atoms with Gasteiger partial charge in [-0.25, -0.2) is 8.78 Å². The first-order chi connectivity index (χ1) is 8.52. The number of hydrogen-bond acceptors (Lipinski definition) is 2. The van der Waals surface area contributed by atoms with Gasteiger partial charge in [-0.05, 0) is 18.2 Å². The van der Waals surface area contributed by atoms with E-state index < -0.39 is 30.1 Å². The summed E-state index contributed by atoms with van der Waals surface area (Å²) in [5.41, 5.74) is 0.247. The second-order valence-corrected chi connectivity index (χ2v) is 7.54. The van der Waals surface area contributed by atoms with E-state index in [0.717, 1.165) is 11.8 Å². The molecule has 0 aliphatic heterocycles. The molecule has 1 atom stereocenters. The van der Waals surface area contributed by atoms with Crippen LogP contribution in [-0.2, 0) is 7.05 Å². The fourth-order valence-corrected chi connectivity index (χ4v) is 3.69. The molecular formula is C12H10F2INOS. The van der Waals surface area contributed by atoms with Crippen LogP contribution in [0.4, 0.5) is 8.78 Å². The molecule has 0 radical (unpaired) electrons. The molecule has 1 aromatic heterocycles. The number of thioether (sulfide) groups is 1. The third-order valence-corrected chi connectivity index (χ3v) is 5.48. The number of aromatic nitrogens is 1. The Balaban J connectivity index is 2.65. The normalized spacial score (nSPS) is 12.8. The Morgan fingerprint density at radius 1 is 1.50 bits per heavy atom. The topological polar surface area (TPSA) is 22.0 Å². The zero-order valence-corrected chi connectivity index (χ0v) is 12.5. The van der Waals surface area contributed by atoms with Gasteiger partial charge in [0, 0.05) is 18.6 Å². The average molecular weight is 381 g/mol. The maximum absolute atomic E-state index is 13.3. The van der Waals surface area contributed by atoms with Crippen LogP contribution in [0, 0.1) is 5.82 Å². The fraction of sp³-hybridized carbons (Fsp3) is 0.167. The number of pyridine rings is 1. The minimum absolute atomic E-state index is 0.256. The lowest BCUT2D eigenvalue weighted by Crippen LogP contribution is -2.10. The van der Waals surface area contributed by atoms with Crippen LogP contribution in [-0.4, -0.2) is 12.6 Å². The largest absolute Gasteiger partial charge is 0.349 e. The van der Waals surface area contributed by atoms with Crippen molar-refractivity contribution in [1.29, 1.82) is 0 Å². The summed E-state index contributed by atoms with van der Waals surface area (Å²) in [5, 5.41) is 0.401. The summed E-state index contributed by atoms with van der Waals surface area (Å²) in [7, 11) is 1.71. The number of fused-ring (bicyclic) bond motifs is 1. The molecule has 0 aliphatic rings. The second-order valence-electron chi connectivity index (χ2n) is 3.63. The van der Waals surface area contributed by atoms with Crippen molar-refractivity contribution in [3.8, 4) is 0 Å². The van der Waals surface area contributed by atoms with Crippen LogP contribution in [0.1, 0.15) is 0 Å². The number of alkyl halides is 2. The summed E-state index contributed by atoms with van der Waals surface area (Å²) in [6.45, 7) is 0. The van der Waals surface area contributed by atoms with Crippen molar-refractivity contribution in [1.82, 2.24) is 4.57 Å². The number of rotatable bonds is 3. The van der Waals surface area contributed by atoms with E-state index in [2.05, 4.69) is 4.51 Å². The Bertz CT molecular complexity index is 671. The molecule has 0 bridgehead atoms. The third kappa shape index (κ3) is 2.64. The van der Waals surface area contributed by atoms with Gasteiger partial charge < -0.3 is 4.57 Å². The van der Waals surface area contributed by atoms with E-state index in [-0.39, 0.29) is 5.43 Å². The molecule has 0 saturated carbocycles. The average Bonchev–Trinajstić information content (AvgIpc) is 2.35. The lowest BCUT2D eigenvalue weighted by Gasteiger charge is -2.09. The van der Waals surface area contributed by atoms with Crippen LogP contribution >= 0.6 is 32.5 Å². The highest BCUT2D eigenvalue weighted by Gasteiger charge is 2.12. The fourth-order valence-electron chi connectivity index (χ4n) is 1.64. The van der Waals surface area contributed by atoms with Crippen LogP contribution in [0.2, 0.25) is 0 Å². The van der Waals surface area contributed by atoms with Gasteiger partial charge in [-0.15, -0.1) is 0 Å². The molecule has 0 amide bonds. The van der Waals surface area contributed by atoms with Crippen molar-refractivity contribution >= 4 is 47.9 Å². The van der Waals surface area contributed by atoms with Crippen LogP contribution < -0.4 is 5.43 Å². The molecule has 0 N–H and O–H groups in total. The summed E-state index contributed by atoms with van der Waals surface area (Å²) in [6.07, 6.45) is 1.54. The third-order valence-electron chi connectivity index (χ3n) is 2.46. The SMILES string of the molecule is C=IC(F)Sc1cn(C)c2cc(F)ccc2c1=O. The first-order valence-corrected chi connectivity index (χ1v) is 8.64. The lowest BCUT2D eigenvalue weighted by molar-refractivity contribution is 0.585. The molecule has 6 heteroatoms. The quantitative estimate of drug-likeness (QED) is 0.462. The number of nitrogens with zero attached hydrogens (tertiary/aromatic N) is 1. The number of benzene rings is 1. The van der Waals surface area contributed by atoms with E-state index in [0.29, 0.717) is 15.8 Å². The molecule has 2 rings (SSSR count). The predicted octanol–water partition coefficient (Wildman–Crippen LogP) is 3.43. The smallest absolute Gasteiger partial charge is 0.203 e. The van der Waals surface area contributed by atoms with Crippen LogP contribution in [0.25, 0.3) is 10.9 Å². The Morgan fingerprint density at radius 3 is 2.89 bits per heavy atom. The molecule has 2 aromatic rings. The zero-order chi connectivity index (χ0) is 13.3. The maximum atomic E-state index is 13.3. The first-order valence-electron chi connectivity index (χ1n) is 4.99. The molecule has 18 heavy (non-hydrogen) atoms. The molecule has 0 saturated heterocycles. The van der Waals surface area contributed by atoms with E-state index >= 15 is 0 Å². The molecule has 0 fully saturated rings. The Hall–Kier alpha value is -0.760. The van der Waals surface area contributed by atoms with Gasteiger partial charge in [0.2, 0.25) is 5.43 Å². The van der Waals surface area contributed by atoms with Crippen molar-refractivity contribution in [3.63, 3.8) is 0 Å². The van der Waals surface area contributed by atoms with Gasteiger partial charge in [-0.3, -0.25) is 4.79 Å². The second kappa shape index (κ2) is 5.48. The minimum atomic E-state index is -1.10. The van der Waals surface area contributed by atoms with Crippen LogP contribution in [0.3, 0.4) is 0 Å². The van der Waals surface area contributed by atoms with Crippen LogP contribution in [0.15, 0.2) is 34.1 Å². The highest BCUT2D eigenvalue weighted by molar-refractivity contribution is 14.2. The van der Waals surface area contributed by atoms with E-state index in [1.807, 2.05) is 0 Å². The standard InChI is InChI=1S/C12H10F2INOS/c1-15-12(14)18-10-6-16(2)9-5-7(13)3-4-8(9)11(10)17/h3-6,12H,1H2,2H3. The van der Waals surface area contributed by atoms with Gasteiger partial charge in [-0.1, -0.05) is 37.0 Å². The highest BCUT2D eigenvalue weighted by Crippen LogP contribution is 2.29. The van der Waals surface area contributed by atoms with E-state index in [1.165, 1.54) is 18.2 Å². The summed E-state index contributed by atoms with van der Waals surface area (Å²) in [4.78, 5) is 12.5. The molecule has 96 valence electrons. The van der Waals surface area contributed by atoms with Crippen molar-refractivity contribution in [2.24, 2.45) is 7.05 Å². The molecule has 0 aliphatic carbocycles. The molecule has 2 nitrogen and oxygen atoms in total. The molecule has 0 spiro atoms. The zero-order valence-electron chi connectivity index (χ0n) is 9.49. The highest BCUT2D eigenvalue weighted by atomic mass is 127. The Labute approximate surface area is 117 Å². The summed E-state index contributed by atoms with van der Waals surface area (Å²) < 4.78 is 30.6. The number of aryl methyl sites for hydroxylation is 1. The summed E-state index contributed by atoms with van der Waals surface area (Å²) >= 11 is 0.0809. The monoisotopic (exact) mass is 381 g/mol. The van der Waals surface area contributed by atoms with E-state index in [9.17, 15) is 13.6 Å². The molecule has 1 unspecified atom stereocenters. The van der Waals surface area contributed by atoms with Crippen molar-refractivity contribution in [3.05, 3.63) is 40.4 Å². The van der Waals surface area contributed by atoms with Gasteiger partial charge in [0.15, 0.2) is 3.51 Å². The summed E-state index contributed by atoms with van der Waals surface area (Å²) in [5.74, 6) is -0.398. The van der Waals surface area contributed by atoms with Gasteiger partial charge in [-0.2, -0.15) is 0 Å². The van der Waals surface area contributed by atoms with E-state index in [1.54, 1.807) is 17.8 Å². The van der Waals surface area contributed by atoms with Gasteiger partial charge in [0.1, 0.15) is 5.82 Å². The minimum Gasteiger partial charge on any atom is -0.349 e.